The number of rotatable bonds is 5. The summed E-state index contributed by atoms with van der Waals surface area (Å²) in [7, 11) is -4.23. The molecule has 2 aromatic heterocycles. The van der Waals surface area contributed by atoms with Crippen LogP contribution in [0.4, 0.5) is 0 Å². The average Bonchev–Trinajstić information content (AvgIpc) is 2.81. The first-order chi connectivity index (χ1) is 16.2. The van der Waals surface area contributed by atoms with Gasteiger partial charge in [0.05, 0.1) is 4.90 Å². The van der Waals surface area contributed by atoms with Crippen LogP contribution < -0.4 is 10.3 Å². The predicted octanol–water partition coefficient (Wildman–Crippen LogP) is 5.10. The molecule has 4 aromatic rings. The lowest BCUT2D eigenvalue weighted by molar-refractivity contribution is 0.460. The fourth-order valence-electron chi connectivity index (χ4n) is 3.25. The number of allylic oxidation sites excluding steroid dienone is 1. The first kappa shape index (κ1) is 23.2. The lowest BCUT2D eigenvalue weighted by Crippen LogP contribution is -2.20. The maximum Gasteiger partial charge on any atom is 0.269 e. The number of ether oxygens (including phenoxy) is 1. The van der Waals surface area contributed by atoms with Crippen LogP contribution in [-0.2, 0) is 9.84 Å². The molecule has 9 heteroatoms. The molecule has 0 amide bonds. The minimum Gasteiger partial charge on any atom is -0.438 e. The number of aryl methyl sites for hydroxylation is 2. The third-order valence-corrected chi connectivity index (χ3v) is 7.02. The second kappa shape index (κ2) is 9.14. The Morgan fingerprint density at radius 1 is 1.09 bits per heavy atom. The van der Waals surface area contributed by atoms with E-state index in [4.69, 9.17) is 16.3 Å². The van der Waals surface area contributed by atoms with Gasteiger partial charge in [-0.1, -0.05) is 35.4 Å². The molecule has 170 valence electrons. The molecule has 0 atom stereocenters. The average molecular weight is 492 g/mol. The lowest BCUT2D eigenvalue weighted by Gasteiger charge is -2.12. The van der Waals surface area contributed by atoms with Crippen LogP contribution in [-0.4, -0.2) is 17.8 Å². The molecule has 0 saturated heterocycles. The summed E-state index contributed by atoms with van der Waals surface area (Å²) in [5, 5.41) is 10.1. The van der Waals surface area contributed by atoms with Crippen LogP contribution >= 0.6 is 11.6 Å². The Balaban J connectivity index is 1.95. The zero-order chi connectivity index (χ0) is 24.5. The molecule has 0 unspecified atom stereocenters. The summed E-state index contributed by atoms with van der Waals surface area (Å²) < 4.78 is 33.4. The highest BCUT2D eigenvalue weighted by Gasteiger charge is 2.24. The van der Waals surface area contributed by atoms with E-state index in [1.54, 1.807) is 37.3 Å². The number of hydrogen-bond donors (Lipinski definition) is 0. The molecule has 7 nitrogen and oxygen atoms in total. The molecule has 0 spiro atoms. The van der Waals surface area contributed by atoms with Gasteiger partial charge in [0, 0.05) is 11.2 Å². The molecule has 0 aliphatic rings. The molecule has 2 heterocycles. The van der Waals surface area contributed by atoms with Gasteiger partial charge in [0.1, 0.15) is 27.9 Å². The molecule has 0 saturated carbocycles. The fraction of sp³-hybridized carbons (Fsp3) is 0.0800. The fourth-order valence-corrected chi connectivity index (χ4v) is 4.52. The van der Waals surface area contributed by atoms with E-state index in [0.29, 0.717) is 16.4 Å². The number of nitrogens with zero attached hydrogens (tertiary/aromatic N) is 3. The molecule has 34 heavy (non-hydrogen) atoms. The van der Waals surface area contributed by atoms with Crippen molar-refractivity contribution in [3.8, 4) is 17.7 Å². The summed E-state index contributed by atoms with van der Waals surface area (Å²) in [6.07, 6.45) is 2.52. The van der Waals surface area contributed by atoms with Crippen molar-refractivity contribution >= 4 is 33.2 Å². The van der Waals surface area contributed by atoms with Crippen molar-refractivity contribution in [2.75, 3.05) is 0 Å². The number of fused-ring (bicyclic) bond motifs is 1. The molecule has 4 rings (SSSR count). The van der Waals surface area contributed by atoms with Gasteiger partial charge in [0.15, 0.2) is 0 Å². The molecule has 0 N–H and O–H groups in total. The van der Waals surface area contributed by atoms with Gasteiger partial charge in [-0.25, -0.2) is 8.42 Å². The molecular formula is C25H18ClN3O4S. The topological polar surface area (TPSA) is 102 Å². The Bertz CT molecular complexity index is 1630. The SMILES string of the molecule is Cc1ccc(Oc2nc3c(C)cccn3c(=O)c2/C=C(\C#N)S(=O)(=O)c2ccc(Cl)cc2)cc1. The van der Waals surface area contributed by atoms with Crippen LogP contribution in [0.2, 0.25) is 5.02 Å². The largest absolute Gasteiger partial charge is 0.438 e. The number of halogens is 1. The van der Waals surface area contributed by atoms with Crippen LogP contribution in [0.5, 0.6) is 11.6 Å². The van der Waals surface area contributed by atoms with Gasteiger partial charge < -0.3 is 4.74 Å². The van der Waals surface area contributed by atoms with Gasteiger partial charge in [-0.2, -0.15) is 10.2 Å². The van der Waals surface area contributed by atoms with Crippen molar-refractivity contribution in [1.82, 2.24) is 9.38 Å². The molecule has 0 bridgehead atoms. The Hall–Kier alpha value is -3.93. The number of sulfone groups is 1. The summed E-state index contributed by atoms with van der Waals surface area (Å²) in [5.41, 5.74) is 1.34. The predicted molar refractivity (Wildman–Crippen MR) is 130 cm³/mol. The highest BCUT2D eigenvalue weighted by Crippen LogP contribution is 2.28. The van der Waals surface area contributed by atoms with E-state index in [0.717, 1.165) is 17.2 Å². The summed E-state index contributed by atoms with van der Waals surface area (Å²) in [4.78, 5) is 17.1. The Kier molecular flexibility index (Phi) is 6.24. The molecule has 0 radical (unpaired) electrons. The highest BCUT2D eigenvalue weighted by molar-refractivity contribution is 7.95. The van der Waals surface area contributed by atoms with Crippen molar-refractivity contribution in [3.63, 3.8) is 0 Å². The van der Waals surface area contributed by atoms with E-state index in [2.05, 4.69) is 4.98 Å². The highest BCUT2D eigenvalue weighted by atomic mass is 35.5. The molecular weight excluding hydrogens is 474 g/mol. The minimum atomic E-state index is -4.23. The second-order valence-corrected chi connectivity index (χ2v) is 9.87. The summed E-state index contributed by atoms with van der Waals surface area (Å²) in [6.45, 7) is 3.71. The number of nitriles is 1. The van der Waals surface area contributed by atoms with E-state index >= 15 is 0 Å². The number of pyridine rings is 1. The molecule has 2 aromatic carbocycles. The van der Waals surface area contributed by atoms with Crippen molar-refractivity contribution in [3.05, 3.63) is 104 Å². The Morgan fingerprint density at radius 3 is 2.41 bits per heavy atom. The van der Waals surface area contributed by atoms with E-state index in [1.165, 1.54) is 34.9 Å². The third kappa shape index (κ3) is 4.44. The lowest BCUT2D eigenvalue weighted by atomic mass is 10.2. The normalized spacial score (nSPS) is 11.9. The third-order valence-electron chi connectivity index (χ3n) is 5.08. The van der Waals surface area contributed by atoms with Crippen molar-refractivity contribution < 1.29 is 13.2 Å². The van der Waals surface area contributed by atoms with E-state index < -0.39 is 20.3 Å². The van der Waals surface area contributed by atoms with E-state index in [1.807, 2.05) is 19.1 Å². The summed E-state index contributed by atoms with van der Waals surface area (Å²) in [5.74, 6) is 0.298. The molecule has 0 aliphatic heterocycles. The van der Waals surface area contributed by atoms with E-state index in [9.17, 15) is 18.5 Å². The molecule has 0 aliphatic carbocycles. The van der Waals surface area contributed by atoms with Crippen LogP contribution in [0.3, 0.4) is 0 Å². The van der Waals surface area contributed by atoms with Crippen LogP contribution in [0.25, 0.3) is 11.7 Å². The number of benzene rings is 2. The van der Waals surface area contributed by atoms with Crippen molar-refractivity contribution in [1.29, 1.82) is 5.26 Å². The van der Waals surface area contributed by atoms with Gasteiger partial charge >= 0.3 is 0 Å². The Labute approximate surface area is 201 Å². The van der Waals surface area contributed by atoms with Gasteiger partial charge in [0.25, 0.3) is 5.56 Å². The zero-order valence-electron chi connectivity index (χ0n) is 18.2. The van der Waals surface area contributed by atoms with Gasteiger partial charge in [-0.3, -0.25) is 9.20 Å². The first-order valence-corrected chi connectivity index (χ1v) is 12.0. The maximum absolute atomic E-state index is 13.4. The van der Waals surface area contributed by atoms with Gasteiger partial charge in [-0.15, -0.1) is 0 Å². The Morgan fingerprint density at radius 2 is 1.76 bits per heavy atom. The second-order valence-electron chi connectivity index (χ2n) is 7.51. The van der Waals surface area contributed by atoms with Crippen molar-refractivity contribution in [2.45, 2.75) is 18.7 Å². The molecule has 0 fully saturated rings. The number of hydrogen-bond acceptors (Lipinski definition) is 6. The number of aromatic nitrogens is 2. The minimum absolute atomic E-state index is 0.109. The van der Waals surface area contributed by atoms with Gasteiger partial charge in [0.2, 0.25) is 15.7 Å². The van der Waals surface area contributed by atoms with Gasteiger partial charge in [-0.05, 0) is 68.0 Å². The monoisotopic (exact) mass is 491 g/mol. The van der Waals surface area contributed by atoms with Crippen LogP contribution in [0.15, 0.2) is 81.5 Å². The quantitative estimate of drug-likeness (QED) is 0.360. The van der Waals surface area contributed by atoms with Crippen LogP contribution in [0.1, 0.15) is 16.7 Å². The maximum atomic E-state index is 13.4. The standard InChI is InChI=1S/C25H18ClN3O4S/c1-16-5-9-19(10-6-16)33-24-22(25(30)29-13-3-4-17(2)23(29)28-24)14-21(15-27)34(31,32)20-11-7-18(26)8-12-20/h3-14H,1-2H3/b21-14+. The van der Waals surface area contributed by atoms with E-state index in [-0.39, 0.29) is 16.3 Å². The summed E-state index contributed by atoms with van der Waals surface area (Å²) in [6, 6.07) is 17.6. The van der Waals surface area contributed by atoms with Crippen molar-refractivity contribution in [2.24, 2.45) is 0 Å². The smallest absolute Gasteiger partial charge is 0.269 e. The van der Waals surface area contributed by atoms with Crippen LogP contribution in [0, 0.1) is 25.2 Å². The summed E-state index contributed by atoms with van der Waals surface area (Å²) >= 11 is 5.86. The zero-order valence-corrected chi connectivity index (χ0v) is 19.8. The first-order valence-electron chi connectivity index (χ1n) is 10.1.